The molecule has 1 N–H and O–H groups in total. The van der Waals surface area contributed by atoms with E-state index in [4.69, 9.17) is 5.26 Å². The highest BCUT2D eigenvalue weighted by Gasteiger charge is 2.03. The Bertz CT molecular complexity index is 607. The summed E-state index contributed by atoms with van der Waals surface area (Å²) in [5.74, 6) is -0.416. The van der Waals surface area contributed by atoms with E-state index in [1.165, 1.54) is 12.1 Å². The van der Waals surface area contributed by atoms with Crippen LogP contribution in [0.15, 0.2) is 41.1 Å². The Balaban J connectivity index is 2.14. The van der Waals surface area contributed by atoms with E-state index in [0.29, 0.717) is 12.2 Å². The summed E-state index contributed by atoms with van der Waals surface area (Å²) in [5.41, 5.74) is 1.87. The Morgan fingerprint density at radius 1 is 1.33 bits per heavy atom. The van der Waals surface area contributed by atoms with E-state index in [0.717, 1.165) is 10.0 Å². The van der Waals surface area contributed by atoms with Crippen molar-refractivity contribution in [2.24, 2.45) is 0 Å². The van der Waals surface area contributed by atoms with Crippen molar-refractivity contribution in [2.75, 3.05) is 5.32 Å². The van der Waals surface area contributed by atoms with Gasteiger partial charge >= 0.3 is 0 Å². The number of nitriles is 1. The minimum Gasteiger partial charge on any atom is -0.380 e. The predicted molar refractivity (Wildman–Crippen MR) is 70.4 cm³/mol. The summed E-state index contributed by atoms with van der Waals surface area (Å²) < 4.78 is 13.8. The molecule has 3 nitrogen and oxygen atoms in total. The molecule has 0 saturated heterocycles. The van der Waals surface area contributed by atoms with Crippen molar-refractivity contribution in [3.8, 4) is 6.07 Å². The van der Waals surface area contributed by atoms with Crippen molar-refractivity contribution in [1.29, 1.82) is 5.26 Å². The number of hydrogen-bond donors (Lipinski definition) is 1. The maximum atomic E-state index is 13.0. The van der Waals surface area contributed by atoms with Crippen LogP contribution >= 0.6 is 15.9 Å². The molecule has 0 aliphatic heterocycles. The number of anilines is 1. The van der Waals surface area contributed by atoms with Crippen LogP contribution in [-0.2, 0) is 6.54 Å². The van der Waals surface area contributed by atoms with Crippen LogP contribution in [0.5, 0.6) is 0 Å². The first-order valence-corrected chi connectivity index (χ1v) is 6.01. The molecule has 0 radical (unpaired) electrons. The zero-order valence-corrected chi connectivity index (χ0v) is 10.9. The van der Waals surface area contributed by atoms with E-state index in [9.17, 15) is 4.39 Å². The Kier molecular flexibility index (Phi) is 3.90. The minimum atomic E-state index is -0.416. The molecule has 0 atom stereocenters. The maximum Gasteiger partial charge on any atom is 0.124 e. The topological polar surface area (TPSA) is 48.7 Å². The molecule has 0 amide bonds. The molecule has 0 aliphatic carbocycles. The molecular formula is C13H9BrFN3. The molecule has 1 heterocycles. The van der Waals surface area contributed by atoms with Crippen LogP contribution in [0.2, 0.25) is 0 Å². The van der Waals surface area contributed by atoms with E-state index in [2.05, 4.69) is 26.2 Å². The first-order chi connectivity index (χ1) is 8.69. The van der Waals surface area contributed by atoms with Crippen LogP contribution in [0, 0.1) is 17.1 Å². The van der Waals surface area contributed by atoms with Crippen LogP contribution in [0.3, 0.4) is 0 Å². The van der Waals surface area contributed by atoms with E-state index in [1.54, 1.807) is 18.5 Å². The van der Waals surface area contributed by atoms with Crippen LogP contribution < -0.4 is 5.32 Å². The average Bonchev–Trinajstić information content (AvgIpc) is 2.37. The lowest BCUT2D eigenvalue weighted by molar-refractivity contribution is 0.627. The molecule has 18 heavy (non-hydrogen) atoms. The SMILES string of the molecule is N#Cc1cc(F)ccc1NCc1cncc(Br)c1. The third kappa shape index (κ3) is 3.05. The van der Waals surface area contributed by atoms with Crippen LogP contribution in [0.1, 0.15) is 11.1 Å². The second-order valence-electron chi connectivity index (χ2n) is 3.67. The number of halogens is 2. The molecule has 0 bridgehead atoms. The number of hydrogen-bond acceptors (Lipinski definition) is 3. The lowest BCUT2D eigenvalue weighted by atomic mass is 10.2. The largest absolute Gasteiger partial charge is 0.380 e. The van der Waals surface area contributed by atoms with Gasteiger partial charge in [0.1, 0.15) is 11.9 Å². The monoisotopic (exact) mass is 305 g/mol. The smallest absolute Gasteiger partial charge is 0.124 e. The number of aromatic nitrogens is 1. The fourth-order valence-electron chi connectivity index (χ4n) is 1.51. The molecule has 0 spiro atoms. The van der Waals surface area contributed by atoms with E-state index in [-0.39, 0.29) is 5.56 Å². The summed E-state index contributed by atoms with van der Waals surface area (Å²) in [6.07, 6.45) is 3.43. The number of benzene rings is 1. The summed E-state index contributed by atoms with van der Waals surface area (Å²) >= 11 is 3.33. The van der Waals surface area contributed by atoms with E-state index < -0.39 is 5.82 Å². The van der Waals surface area contributed by atoms with Gasteiger partial charge in [-0.25, -0.2) is 4.39 Å². The Morgan fingerprint density at radius 3 is 2.89 bits per heavy atom. The molecule has 0 aliphatic rings. The molecule has 0 saturated carbocycles. The third-order valence-electron chi connectivity index (χ3n) is 2.35. The van der Waals surface area contributed by atoms with Gasteiger partial charge in [-0.1, -0.05) is 0 Å². The zero-order chi connectivity index (χ0) is 13.0. The van der Waals surface area contributed by atoms with Crippen LogP contribution in [0.4, 0.5) is 10.1 Å². The van der Waals surface area contributed by atoms with Gasteiger partial charge in [0.2, 0.25) is 0 Å². The van der Waals surface area contributed by atoms with Gasteiger partial charge in [-0.05, 0) is 45.8 Å². The van der Waals surface area contributed by atoms with E-state index >= 15 is 0 Å². The lowest BCUT2D eigenvalue weighted by Gasteiger charge is -2.08. The summed E-state index contributed by atoms with van der Waals surface area (Å²) in [6.45, 7) is 0.521. The number of pyridine rings is 1. The van der Waals surface area contributed by atoms with Gasteiger partial charge in [0.25, 0.3) is 0 Å². The predicted octanol–water partition coefficient (Wildman–Crippen LogP) is 3.47. The zero-order valence-electron chi connectivity index (χ0n) is 9.32. The fraction of sp³-hybridized carbons (Fsp3) is 0.0769. The summed E-state index contributed by atoms with van der Waals surface area (Å²) in [4.78, 5) is 4.04. The molecule has 90 valence electrons. The van der Waals surface area contributed by atoms with Crippen molar-refractivity contribution in [2.45, 2.75) is 6.54 Å². The molecular weight excluding hydrogens is 297 g/mol. The number of nitrogens with zero attached hydrogens (tertiary/aromatic N) is 2. The Morgan fingerprint density at radius 2 is 2.17 bits per heavy atom. The van der Waals surface area contributed by atoms with Gasteiger partial charge in [-0.15, -0.1) is 0 Å². The van der Waals surface area contributed by atoms with Crippen molar-refractivity contribution >= 4 is 21.6 Å². The van der Waals surface area contributed by atoms with Gasteiger partial charge in [0.05, 0.1) is 11.3 Å². The third-order valence-corrected chi connectivity index (χ3v) is 2.78. The first kappa shape index (κ1) is 12.5. The summed E-state index contributed by atoms with van der Waals surface area (Å²) in [7, 11) is 0. The molecule has 0 fully saturated rings. The fourth-order valence-corrected chi connectivity index (χ4v) is 1.93. The average molecular weight is 306 g/mol. The van der Waals surface area contributed by atoms with Crippen molar-refractivity contribution in [3.63, 3.8) is 0 Å². The van der Waals surface area contributed by atoms with Crippen molar-refractivity contribution in [1.82, 2.24) is 4.98 Å². The second-order valence-corrected chi connectivity index (χ2v) is 4.58. The molecule has 2 aromatic rings. The van der Waals surface area contributed by atoms with E-state index in [1.807, 2.05) is 12.1 Å². The highest BCUT2D eigenvalue weighted by atomic mass is 79.9. The minimum absolute atomic E-state index is 0.290. The second kappa shape index (κ2) is 5.61. The lowest BCUT2D eigenvalue weighted by Crippen LogP contribution is -2.02. The Labute approximate surface area is 112 Å². The van der Waals surface area contributed by atoms with Gasteiger partial charge in [-0.2, -0.15) is 5.26 Å². The number of rotatable bonds is 3. The molecule has 0 unspecified atom stereocenters. The van der Waals surface area contributed by atoms with Gasteiger partial charge in [0, 0.05) is 23.4 Å². The molecule has 2 rings (SSSR count). The van der Waals surface area contributed by atoms with Crippen molar-refractivity contribution in [3.05, 3.63) is 58.1 Å². The van der Waals surface area contributed by atoms with Gasteiger partial charge in [-0.3, -0.25) is 4.98 Å². The maximum absolute atomic E-state index is 13.0. The molecule has 5 heteroatoms. The summed E-state index contributed by atoms with van der Waals surface area (Å²) in [5, 5.41) is 12.0. The van der Waals surface area contributed by atoms with Crippen LogP contribution in [0.25, 0.3) is 0 Å². The summed E-state index contributed by atoms with van der Waals surface area (Å²) in [6, 6.07) is 7.97. The number of nitrogens with one attached hydrogen (secondary N) is 1. The highest BCUT2D eigenvalue weighted by Crippen LogP contribution is 2.17. The first-order valence-electron chi connectivity index (χ1n) is 5.22. The standard InChI is InChI=1S/C13H9BrFN3/c14-11-3-9(6-17-8-11)7-18-13-2-1-12(15)4-10(13)5-16/h1-4,6,8,18H,7H2. The van der Waals surface area contributed by atoms with Gasteiger partial charge < -0.3 is 5.32 Å². The van der Waals surface area contributed by atoms with Crippen molar-refractivity contribution < 1.29 is 4.39 Å². The molecule has 1 aromatic carbocycles. The molecule has 1 aromatic heterocycles. The highest BCUT2D eigenvalue weighted by molar-refractivity contribution is 9.10. The quantitative estimate of drug-likeness (QED) is 0.944. The normalized spacial score (nSPS) is 9.83. The van der Waals surface area contributed by atoms with Gasteiger partial charge in [0.15, 0.2) is 0 Å². The Hall–Kier alpha value is -1.93. The van der Waals surface area contributed by atoms with Crippen LogP contribution in [-0.4, -0.2) is 4.98 Å².